The van der Waals surface area contributed by atoms with Gasteiger partial charge in [0.15, 0.2) is 0 Å². The zero-order chi connectivity index (χ0) is 21.0. The molecule has 2 atom stereocenters. The Morgan fingerprint density at radius 3 is 2.17 bits per heavy atom. The van der Waals surface area contributed by atoms with Crippen LogP contribution in [-0.4, -0.2) is 0 Å². The van der Waals surface area contributed by atoms with Crippen molar-refractivity contribution in [2.24, 2.45) is 0 Å². The fourth-order valence-corrected chi connectivity index (χ4v) is 3.70. The van der Waals surface area contributed by atoms with Crippen LogP contribution in [0.15, 0.2) is 60.7 Å². The summed E-state index contributed by atoms with van der Waals surface area (Å²) in [4.78, 5) is 0. The van der Waals surface area contributed by atoms with Crippen LogP contribution in [0.5, 0.6) is 0 Å². The van der Waals surface area contributed by atoms with Gasteiger partial charge >= 0.3 is 6.18 Å². The molecule has 0 saturated heterocycles. The van der Waals surface area contributed by atoms with Crippen LogP contribution in [0, 0.1) is 5.82 Å². The van der Waals surface area contributed by atoms with Crippen LogP contribution in [0.2, 0.25) is 0 Å². The highest BCUT2D eigenvalue weighted by Crippen LogP contribution is 2.41. The number of alkyl halides is 4. The second kappa shape index (κ2) is 8.93. The summed E-state index contributed by atoms with van der Waals surface area (Å²) in [7, 11) is 0. The Labute approximate surface area is 167 Å². The summed E-state index contributed by atoms with van der Waals surface area (Å²) in [5, 5.41) is 1.87. The molecule has 0 bridgehead atoms. The molecule has 0 N–H and O–H groups in total. The molecule has 0 aromatic heterocycles. The molecule has 0 aliphatic carbocycles. The van der Waals surface area contributed by atoms with Gasteiger partial charge in [-0.3, -0.25) is 0 Å². The van der Waals surface area contributed by atoms with Crippen molar-refractivity contribution in [2.45, 2.75) is 50.9 Å². The van der Waals surface area contributed by atoms with Crippen LogP contribution in [0.3, 0.4) is 0 Å². The van der Waals surface area contributed by atoms with Crippen molar-refractivity contribution in [3.63, 3.8) is 0 Å². The maximum atomic E-state index is 15.6. The van der Waals surface area contributed by atoms with Crippen LogP contribution in [0.4, 0.5) is 22.0 Å². The number of unbranched alkanes of at least 4 members (excludes halogenated alkanes) is 2. The summed E-state index contributed by atoms with van der Waals surface area (Å²) in [5.41, 5.74) is -0.618. The van der Waals surface area contributed by atoms with E-state index in [1.54, 1.807) is 12.1 Å². The number of hydrogen-bond acceptors (Lipinski definition) is 0. The van der Waals surface area contributed by atoms with Gasteiger partial charge in [-0.15, -0.1) is 0 Å². The third-order valence-corrected chi connectivity index (χ3v) is 5.29. The molecule has 2 unspecified atom stereocenters. The first kappa shape index (κ1) is 21.3. The van der Waals surface area contributed by atoms with Crippen LogP contribution >= 0.6 is 0 Å². The molecule has 3 aromatic carbocycles. The van der Waals surface area contributed by atoms with Crippen molar-refractivity contribution in [1.82, 2.24) is 0 Å². The molecule has 154 valence electrons. The second-order valence-corrected chi connectivity index (χ2v) is 7.35. The highest BCUT2D eigenvalue weighted by molar-refractivity contribution is 5.83. The van der Waals surface area contributed by atoms with Crippen LogP contribution in [0.1, 0.15) is 61.4 Å². The molecule has 0 heterocycles. The van der Waals surface area contributed by atoms with E-state index in [0.29, 0.717) is 18.1 Å². The van der Waals surface area contributed by atoms with Gasteiger partial charge in [0.05, 0.1) is 5.56 Å². The SMILES string of the molecule is CCCCCC(c1ccc(C(F)(F)F)c(F)c1)C(F)c1ccc2ccccc2c1. The van der Waals surface area contributed by atoms with Crippen molar-refractivity contribution in [3.8, 4) is 0 Å². The van der Waals surface area contributed by atoms with Gasteiger partial charge in [-0.2, -0.15) is 13.2 Å². The quantitative estimate of drug-likeness (QED) is 0.273. The summed E-state index contributed by atoms with van der Waals surface area (Å²) < 4.78 is 68.4. The van der Waals surface area contributed by atoms with Crippen molar-refractivity contribution < 1.29 is 22.0 Å². The largest absolute Gasteiger partial charge is 0.419 e. The van der Waals surface area contributed by atoms with E-state index in [1.165, 1.54) is 6.07 Å². The highest BCUT2D eigenvalue weighted by Gasteiger charge is 2.35. The van der Waals surface area contributed by atoms with E-state index in [0.717, 1.165) is 36.1 Å². The summed E-state index contributed by atoms with van der Waals surface area (Å²) >= 11 is 0. The molecule has 3 rings (SSSR count). The predicted octanol–water partition coefficient (Wildman–Crippen LogP) is 8.37. The number of halogens is 5. The van der Waals surface area contributed by atoms with E-state index in [2.05, 4.69) is 0 Å². The standard InChI is InChI=1S/C24H23F5/c1-2-3-4-9-20(18-12-13-21(22(25)15-18)24(27,28)29)23(26)19-11-10-16-7-5-6-8-17(16)14-19/h5-8,10-15,20,23H,2-4,9H2,1H3. The Hall–Kier alpha value is -2.43. The van der Waals surface area contributed by atoms with Crippen molar-refractivity contribution >= 4 is 10.8 Å². The molecule has 0 radical (unpaired) electrons. The molecule has 0 aliphatic heterocycles. The average molecular weight is 406 g/mol. The maximum absolute atomic E-state index is 15.6. The van der Waals surface area contributed by atoms with Gasteiger partial charge in [0.1, 0.15) is 12.0 Å². The molecular formula is C24H23F5. The molecule has 0 saturated carbocycles. The fourth-order valence-electron chi connectivity index (χ4n) is 3.70. The molecule has 5 heteroatoms. The van der Waals surface area contributed by atoms with Crippen LogP contribution < -0.4 is 0 Å². The van der Waals surface area contributed by atoms with Crippen LogP contribution in [0.25, 0.3) is 10.8 Å². The van der Waals surface area contributed by atoms with E-state index in [9.17, 15) is 17.6 Å². The molecule has 0 aliphatic rings. The molecular weight excluding hydrogens is 383 g/mol. The van der Waals surface area contributed by atoms with E-state index < -0.39 is 29.6 Å². The Balaban J connectivity index is 1.96. The summed E-state index contributed by atoms with van der Waals surface area (Å²) in [6.45, 7) is 2.02. The van der Waals surface area contributed by atoms with Gasteiger partial charge in [0.25, 0.3) is 0 Å². The van der Waals surface area contributed by atoms with E-state index in [-0.39, 0.29) is 5.56 Å². The zero-order valence-electron chi connectivity index (χ0n) is 16.1. The Bertz CT molecular complexity index is 961. The van der Waals surface area contributed by atoms with Crippen molar-refractivity contribution in [3.05, 3.63) is 83.2 Å². The highest BCUT2D eigenvalue weighted by atomic mass is 19.4. The summed E-state index contributed by atoms with van der Waals surface area (Å²) in [6.07, 6.45) is -3.24. The summed E-state index contributed by atoms with van der Waals surface area (Å²) in [5.74, 6) is -2.07. The Morgan fingerprint density at radius 1 is 0.828 bits per heavy atom. The lowest BCUT2D eigenvalue weighted by Gasteiger charge is -2.23. The first-order valence-corrected chi connectivity index (χ1v) is 9.80. The van der Waals surface area contributed by atoms with Gasteiger partial charge in [-0.25, -0.2) is 8.78 Å². The third kappa shape index (κ3) is 4.95. The van der Waals surface area contributed by atoms with Gasteiger partial charge < -0.3 is 0 Å². The Morgan fingerprint density at radius 2 is 1.52 bits per heavy atom. The Kier molecular flexibility index (Phi) is 6.56. The summed E-state index contributed by atoms with van der Waals surface area (Å²) in [6, 6.07) is 15.6. The number of fused-ring (bicyclic) bond motifs is 1. The lowest BCUT2D eigenvalue weighted by Crippen LogP contribution is -2.12. The number of benzene rings is 3. The fraction of sp³-hybridized carbons (Fsp3) is 0.333. The molecule has 0 nitrogen and oxygen atoms in total. The van der Waals surface area contributed by atoms with Gasteiger partial charge in [-0.05, 0) is 46.5 Å². The maximum Gasteiger partial charge on any atom is 0.419 e. The first-order valence-electron chi connectivity index (χ1n) is 9.80. The van der Waals surface area contributed by atoms with E-state index >= 15 is 4.39 Å². The zero-order valence-corrected chi connectivity index (χ0v) is 16.1. The minimum Gasteiger partial charge on any atom is -0.242 e. The number of rotatable bonds is 7. The molecule has 3 aromatic rings. The normalized spacial score (nSPS) is 14.1. The first-order chi connectivity index (χ1) is 13.8. The van der Waals surface area contributed by atoms with Crippen molar-refractivity contribution in [2.75, 3.05) is 0 Å². The molecule has 0 fully saturated rings. The number of hydrogen-bond donors (Lipinski definition) is 0. The monoisotopic (exact) mass is 406 g/mol. The van der Waals surface area contributed by atoms with E-state index in [4.69, 9.17) is 0 Å². The third-order valence-electron chi connectivity index (χ3n) is 5.29. The second-order valence-electron chi connectivity index (χ2n) is 7.35. The topological polar surface area (TPSA) is 0 Å². The lowest BCUT2D eigenvalue weighted by atomic mass is 9.85. The molecule has 0 amide bonds. The average Bonchev–Trinajstić information content (AvgIpc) is 2.69. The minimum atomic E-state index is -4.77. The predicted molar refractivity (Wildman–Crippen MR) is 106 cm³/mol. The van der Waals surface area contributed by atoms with Gasteiger partial charge in [0.2, 0.25) is 0 Å². The lowest BCUT2D eigenvalue weighted by molar-refractivity contribution is -0.140. The smallest absolute Gasteiger partial charge is 0.242 e. The van der Waals surface area contributed by atoms with Gasteiger partial charge in [-0.1, -0.05) is 68.7 Å². The minimum absolute atomic E-state index is 0.257. The molecule has 0 spiro atoms. The van der Waals surface area contributed by atoms with E-state index in [1.807, 2.05) is 37.3 Å². The van der Waals surface area contributed by atoms with Crippen LogP contribution in [-0.2, 0) is 6.18 Å². The van der Waals surface area contributed by atoms with Crippen molar-refractivity contribution in [1.29, 1.82) is 0 Å². The van der Waals surface area contributed by atoms with Gasteiger partial charge in [0, 0.05) is 5.92 Å². The molecule has 29 heavy (non-hydrogen) atoms.